The van der Waals surface area contributed by atoms with Gasteiger partial charge < -0.3 is 10.2 Å². The Bertz CT molecular complexity index is 1160. The number of aromatic nitrogens is 2. The lowest BCUT2D eigenvalue weighted by Crippen LogP contribution is -2.46. The lowest BCUT2D eigenvalue weighted by molar-refractivity contribution is 0.143. The van der Waals surface area contributed by atoms with E-state index in [2.05, 4.69) is 54.1 Å². The molecule has 4 aliphatic rings. The minimum Gasteiger partial charge on any atom is -0.370 e. The van der Waals surface area contributed by atoms with E-state index in [0.717, 1.165) is 46.4 Å². The van der Waals surface area contributed by atoms with Gasteiger partial charge in [0, 0.05) is 36.0 Å². The van der Waals surface area contributed by atoms with Crippen molar-refractivity contribution in [1.82, 2.24) is 14.7 Å². The highest BCUT2D eigenvalue weighted by molar-refractivity contribution is 5.90. The van der Waals surface area contributed by atoms with Crippen molar-refractivity contribution in [2.45, 2.75) is 38.5 Å². The maximum Gasteiger partial charge on any atom is 0.144 e. The Kier molecular flexibility index (Phi) is 6.08. The van der Waals surface area contributed by atoms with E-state index in [0.29, 0.717) is 30.3 Å². The van der Waals surface area contributed by atoms with Gasteiger partial charge in [-0.05, 0) is 42.7 Å². The molecule has 0 bridgehead atoms. The normalized spacial score (nSPS) is 22.8. The molecule has 4 nitrogen and oxygen atoms in total. The highest BCUT2D eigenvalue weighted by atomic mass is 19.1. The highest BCUT2D eigenvalue weighted by Crippen LogP contribution is 2.41. The van der Waals surface area contributed by atoms with Gasteiger partial charge in [-0.2, -0.15) is 5.10 Å². The second-order valence-electron chi connectivity index (χ2n) is 9.97. The molecule has 0 radical (unpaired) electrons. The van der Waals surface area contributed by atoms with Gasteiger partial charge in [0.05, 0.1) is 17.9 Å². The molecule has 1 saturated carbocycles. The Morgan fingerprint density at radius 3 is 2.65 bits per heavy atom. The molecule has 3 heterocycles. The van der Waals surface area contributed by atoms with Crippen LogP contribution in [0.15, 0.2) is 55.3 Å². The summed E-state index contributed by atoms with van der Waals surface area (Å²) < 4.78 is 14.8. The lowest BCUT2D eigenvalue weighted by Gasteiger charge is -2.41. The van der Waals surface area contributed by atoms with Gasteiger partial charge in [0.15, 0.2) is 0 Å². The highest BCUT2D eigenvalue weighted by Gasteiger charge is 2.34. The molecule has 2 fully saturated rings. The number of fused-ring (bicyclic) bond motifs is 1. The monoisotopic (exact) mass is 456 g/mol. The number of alkyl halides is 1. The predicted molar refractivity (Wildman–Crippen MR) is 139 cm³/mol. The standard InChI is InChI=1S/C29H33FN4/c1-5-19(2)28-27(21(4)33-17-22(16-30)18-33)29-31-26(15-20(3)34(29)32-28)25-13-11-24(12-14-25)23-9-7-6-8-10-23/h1,11,13-15,22-24,31H,2-4,6-10,12,16-18H2. The maximum absolute atomic E-state index is 13.1. The van der Waals surface area contributed by atoms with E-state index in [1.54, 1.807) is 4.68 Å². The van der Waals surface area contributed by atoms with E-state index < -0.39 is 0 Å². The summed E-state index contributed by atoms with van der Waals surface area (Å²) in [5.41, 5.74) is 5.60. The Morgan fingerprint density at radius 1 is 1.24 bits per heavy atom. The molecule has 176 valence electrons. The van der Waals surface area contributed by atoms with E-state index in [1.807, 2.05) is 6.08 Å². The minimum atomic E-state index is -0.315. The number of hydrogen-bond donors (Lipinski definition) is 1. The Labute approximate surface area is 202 Å². The molecule has 1 unspecified atom stereocenters. The van der Waals surface area contributed by atoms with Crippen LogP contribution < -0.4 is 5.32 Å². The van der Waals surface area contributed by atoms with Crippen LogP contribution in [0.2, 0.25) is 0 Å². The van der Waals surface area contributed by atoms with Gasteiger partial charge in [-0.15, -0.1) is 6.42 Å². The summed E-state index contributed by atoms with van der Waals surface area (Å²) in [5.74, 6) is 4.90. The summed E-state index contributed by atoms with van der Waals surface area (Å²) in [6, 6.07) is 0. The average molecular weight is 457 g/mol. The number of nitrogens with one attached hydrogen (secondary N) is 1. The van der Waals surface area contributed by atoms with E-state index >= 15 is 0 Å². The van der Waals surface area contributed by atoms with E-state index in [-0.39, 0.29) is 12.6 Å². The molecular weight excluding hydrogens is 423 g/mol. The first-order valence-electron chi connectivity index (χ1n) is 12.4. The molecule has 1 atom stereocenters. The fourth-order valence-electron chi connectivity index (χ4n) is 5.64. The molecule has 1 aromatic rings. The van der Waals surface area contributed by atoms with Crippen LogP contribution >= 0.6 is 0 Å². The topological polar surface area (TPSA) is 33.1 Å². The Hall–Kier alpha value is -3.26. The third kappa shape index (κ3) is 3.96. The summed E-state index contributed by atoms with van der Waals surface area (Å²) in [6.45, 7) is 13.6. The average Bonchev–Trinajstić information content (AvgIpc) is 3.23. The molecule has 34 heavy (non-hydrogen) atoms. The van der Waals surface area contributed by atoms with Gasteiger partial charge in [-0.3, -0.25) is 4.39 Å². The molecular formula is C29H33FN4. The molecule has 1 saturated heterocycles. The molecule has 5 rings (SSSR count). The summed E-state index contributed by atoms with van der Waals surface area (Å²) in [6.07, 6.45) is 22.6. The molecule has 0 spiro atoms. The van der Waals surface area contributed by atoms with Gasteiger partial charge in [0.25, 0.3) is 0 Å². The van der Waals surface area contributed by atoms with E-state index in [4.69, 9.17) is 11.5 Å². The summed E-state index contributed by atoms with van der Waals surface area (Å²) in [7, 11) is 0. The van der Waals surface area contributed by atoms with Crippen LogP contribution in [0.3, 0.4) is 0 Å². The molecule has 0 amide bonds. The second-order valence-corrected chi connectivity index (χ2v) is 9.97. The number of hydrogen-bond acceptors (Lipinski definition) is 3. The van der Waals surface area contributed by atoms with Crippen LogP contribution in [0.5, 0.6) is 0 Å². The summed E-state index contributed by atoms with van der Waals surface area (Å²) in [5, 5.41) is 8.30. The summed E-state index contributed by atoms with van der Waals surface area (Å²) in [4.78, 5) is 2.08. The van der Waals surface area contributed by atoms with Gasteiger partial charge in [0.2, 0.25) is 0 Å². The first kappa shape index (κ1) is 22.5. The number of halogens is 1. The maximum atomic E-state index is 13.1. The van der Waals surface area contributed by atoms with Crippen molar-refractivity contribution in [2.75, 3.05) is 25.1 Å². The van der Waals surface area contributed by atoms with Crippen LogP contribution in [-0.4, -0.2) is 34.4 Å². The van der Waals surface area contributed by atoms with Crippen molar-refractivity contribution in [3.8, 4) is 12.3 Å². The number of likely N-dealkylation sites (tertiary alicyclic amines) is 1. The van der Waals surface area contributed by atoms with Crippen LogP contribution in [-0.2, 0) is 0 Å². The molecule has 1 N–H and O–H groups in total. The number of allylic oxidation sites excluding steroid dienone is 6. The van der Waals surface area contributed by atoms with Crippen molar-refractivity contribution >= 4 is 22.8 Å². The zero-order valence-electron chi connectivity index (χ0n) is 19.8. The third-order valence-corrected chi connectivity index (χ3v) is 7.73. The Morgan fingerprint density at radius 2 is 2.00 bits per heavy atom. The van der Waals surface area contributed by atoms with Gasteiger partial charge in [-0.1, -0.05) is 63.1 Å². The lowest BCUT2D eigenvalue weighted by atomic mass is 9.76. The van der Waals surface area contributed by atoms with E-state index in [1.165, 1.54) is 32.1 Å². The first-order valence-corrected chi connectivity index (χ1v) is 12.4. The third-order valence-electron chi connectivity index (χ3n) is 7.73. The first-order chi connectivity index (χ1) is 16.5. The molecule has 2 aliphatic heterocycles. The SMILES string of the molecule is C#CC(=C)c1nn2c(c1C(=C)N1CC(CF)C1)NC(C1=CCC(C3CCCCC3)C=C1)=CC2=C. The molecule has 5 heteroatoms. The number of anilines is 1. The van der Waals surface area contributed by atoms with Crippen molar-refractivity contribution in [2.24, 2.45) is 17.8 Å². The number of rotatable bonds is 6. The van der Waals surface area contributed by atoms with Crippen molar-refractivity contribution < 1.29 is 4.39 Å². The molecule has 2 aliphatic carbocycles. The zero-order valence-corrected chi connectivity index (χ0v) is 19.8. The Balaban J connectivity index is 1.41. The summed E-state index contributed by atoms with van der Waals surface area (Å²) >= 11 is 0. The predicted octanol–water partition coefficient (Wildman–Crippen LogP) is 6.26. The minimum absolute atomic E-state index is 0.0514. The number of nitrogens with zero attached hydrogens (tertiary/aromatic N) is 3. The van der Waals surface area contributed by atoms with Crippen molar-refractivity contribution in [3.63, 3.8) is 0 Å². The van der Waals surface area contributed by atoms with Crippen LogP contribution in [0.4, 0.5) is 10.2 Å². The van der Waals surface area contributed by atoms with Crippen LogP contribution in [0.25, 0.3) is 17.0 Å². The van der Waals surface area contributed by atoms with Gasteiger partial charge >= 0.3 is 0 Å². The van der Waals surface area contributed by atoms with E-state index in [9.17, 15) is 4.39 Å². The zero-order chi connectivity index (χ0) is 23.8. The fourth-order valence-corrected chi connectivity index (χ4v) is 5.64. The van der Waals surface area contributed by atoms with Gasteiger partial charge in [0.1, 0.15) is 11.5 Å². The van der Waals surface area contributed by atoms with Crippen LogP contribution in [0.1, 0.15) is 49.8 Å². The smallest absolute Gasteiger partial charge is 0.144 e. The number of terminal acetylenes is 1. The largest absolute Gasteiger partial charge is 0.370 e. The molecule has 0 aromatic carbocycles. The second kappa shape index (κ2) is 9.18. The fraction of sp³-hybridized carbons (Fsp3) is 0.414. The molecule has 1 aromatic heterocycles. The van der Waals surface area contributed by atoms with Crippen LogP contribution in [0, 0.1) is 30.1 Å². The van der Waals surface area contributed by atoms with Crippen molar-refractivity contribution in [1.29, 1.82) is 0 Å². The van der Waals surface area contributed by atoms with Crippen molar-refractivity contribution in [3.05, 3.63) is 66.6 Å². The quantitative estimate of drug-likeness (QED) is 0.513. The van der Waals surface area contributed by atoms with Gasteiger partial charge in [-0.25, -0.2) is 4.68 Å².